The fourth-order valence-corrected chi connectivity index (χ4v) is 0.636. The maximum atomic E-state index is 12.6. The number of benzene rings is 1. The lowest BCUT2D eigenvalue weighted by Crippen LogP contribution is -1.94. The van der Waals surface area contributed by atoms with Crippen LogP contribution in [0.25, 0.3) is 0 Å². The molecule has 0 bridgehead atoms. The molecule has 12 heavy (non-hydrogen) atoms. The van der Waals surface area contributed by atoms with Gasteiger partial charge < -0.3 is 4.74 Å². The number of nitriles is 1. The highest BCUT2D eigenvalue weighted by atomic mass is 19.2. The van der Waals surface area contributed by atoms with Crippen molar-refractivity contribution in [3.8, 4) is 12.0 Å². The van der Waals surface area contributed by atoms with Crippen LogP contribution in [0.3, 0.4) is 0 Å². The number of halogens is 3. The standard InChI is InChI=1S/C7H2F3NO/c8-4-1-2-5(12-3-11)7(10)6(4)9/h1-2H. The zero-order chi connectivity index (χ0) is 9.14. The Morgan fingerprint density at radius 2 is 1.83 bits per heavy atom. The first-order valence-electron chi connectivity index (χ1n) is 2.86. The van der Waals surface area contributed by atoms with Gasteiger partial charge in [-0.15, -0.1) is 5.26 Å². The molecule has 0 amide bonds. The highest BCUT2D eigenvalue weighted by Crippen LogP contribution is 2.21. The molecule has 0 unspecified atom stereocenters. The van der Waals surface area contributed by atoms with E-state index in [1.165, 1.54) is 0 Å². The van der Waals surface area contributed by atoms with Gasteiger partial charge >= 0.3 is 0 Å². The maximum Gasteiger partial charge on any atom is 0.292 e. The number of nitrogens with zero attached hydrogens (tertiary/aromatic N) is 1. The molecule has 0 N–H and O–H groups in total. The summed E-state index contributed by atoms with van der Waals surface area (Å²) in [6, 6.07) is 1.50. The van der Waals surface area contributed by atoms with Crippen LogP contribution in [0.15, 0.2) is 12.1 Å². The van der Waals surface area contributed by atoms with Crippen LogP contribution in [0.2, 0.25) is 0 Å². The molecule has 0 aliphatic heterocycles. The molecule has 0 aliphatic carbocycles. The van der Waals surface area contributed by atoms with Gasteiger partial charge in [0.1, 0.15) is 0 Å². The van der Waals surface area contributed by atoms with E-state index in [1.807, 2.05) is 0 Å². The minimum absolute atomic E-state index is 0.628. The zero-order valence-corrected chi connectivity index (χ0v) is 5.64. The normalized spacial score (nSPS) is 9.17. The van der Waals surface area contributed by atoms with Gasteiger partial charge in [-0.3, -0.25) is 0 Å². The third-order valence-electron chi connectivity index (χ3n) is 1.16. The van der Waals surface area contributed by atoms with Gasteiger partial charge in [-0.25, -0.2) is 8.78 Å². The molecule has 1 rings (SSSR count). The van der Waals surface area contributed by atoms with Crippen molar-refractivity contribution < 1.29 is 17.9 Å². The lowest BCUT2D eigenvalue weighted by molar-refractivity contribution is 0.402. The van der Waals surface area contributed by atoms with E-state index in [9.17, 15) is 13.2 Å². The highest BCUT2D eigenvalue weighted by molar-refractivity contribution is 5.26. The van der Waals surface area contributed by atoms with Crippen LogP contribution >= 0.6 is 0 Å². The summed E-state index contributed by atoms with van der Waals surface area (Å²) in [5, 5.41) is 7.95. The van der Waals surface area contributed by atoms with Crippen LogP contribution in [0.5, 0.6) is 5.75 Å². The first-order valence-corrected chi connectivity index (χ1v) is 2.86. The molecular weight excluding hydrogens is 171 g/mol. The molecule has 0 heterocycles. The fourth-order valence-electron chi connectivity index (χ4n) is 0.636. The van der Waals surface area contributed by atoms with Gasteiger partial charge in [-0.05, 0) is 12.1 Å². The molecule has 0 saturated carbocycles. The Bertz CT molecular complexity index is 345. The number of hydrogen-bond acceptors (Lipinski definition) is 2. The molecule has 62 valence electrons. The van der Waals surface area contributed by atoms with E-state index in [-0.39, 0.29) is 0 Å². The second kappa shape index (κ2) is 3.13. The van der Waals surface area contributed by atoms with Crippen LogP contribution in [0.4, 0.5) is 13.2 Å². The Balaban J connectivity index is 3.19. The van der Waals surface area contributed by atoms with E-state index < -0.39 is 23.2 Å². The SMILES string of the molecule is N#COc1ccc(F)c(F)c1F. The average Bonchev–Trinajstić information content (AvgIpc) is 2.07. The van der Waals surface area contributed by atoms with Crippen LogP contribution < -0.4 is 4.74 Å². The minimum Gasteiger partial charge on any atom is -0.385 e. The maximum absolute atomic E-state index is 12.6. The Hall–Kier alpha value is -1.70. The van der Waals surface area contributed by atoms with Crippen molar-refractivity contribution in [1.82, 2.24) is 0 Å². The van der Waals surface area contributed by atoms with E-state index in [0.29, 0.717) is 6.07 Å². The third-order valence-corrected chi connectivity index (χ3v) is 1.16. The summed E-state index contributed by atoms with van der Waals surface area (Å²) in [5.74, 6) is -5.10. The van der Waals surface area contributed by atoms with Gasteiger partial charge in [0.2, 0.25) is 5.82 Å². The first kappa shape index (κ1) is 8.40. The Morgan fingerprint density at radius 1 is 1.17 bits per heavy atom. The van der Waals surface area contributed by atoms with E-state index in [1.54, 1.807) is 0 Å². The number of hydrogen-bond donors (Lipinski definition) is 0. The summed E-state index contributed by atoms with van der Waals surface area (Å²) in [6.07, 6.45) is 1.14. The molecule has 2 nitrogen and oxygen atoms in total. The van der Waals surface area contributed by atoms with Crippen LogP contribution in [0.1, 0.15) is 0 Å². The van der Waals surface area contributed by atoms with E-state index in [0.717, 1.165) is 12.3 Å². The summed E-state index contributed by atoms with van der Waals surface area (Å²) in [4.78, 5) is 0. The molecule has 5 heteroatoms. The van der Waals surface area contributed by atoms with Crippen molar-refractivity contribution >= 4 is 0 Å². The lowest BCUT2D eigenvalue weighted by Gasteiger charge is -1.98. The number of rotatable bonds is 1. The predicted octanol–water partition coefficient (Wildman–Crippen LogP) is 1.96. The quantitative estimate of drug-likeness (QED) is 0.480. The monoisotopic (exact) mass is 173 g/mol. The van der Waals surface area contributed by atoms with Gasteiger partial charge in [0.15, 0.2) is 17.4 Å². The molecular formula is C7H2F3NO. The molecule has 0 fully saturated rings. The summed E-state index contributed by atoms with van der Waals surface area (Å²) in [7, 11) is 0. The van der Waals surface area contributed by atoms with Crippen molar-refractivity contribution in [3.05, 3.63) is 29.6 Å². The lowest BCUT2D eigenvalue weighted by atomic mass is 10.3. The molecule has 1 aromatic rings. The summed E-state index contributed by atoms with van der Waals surface area (Å²) in [6.45, 7) is 0. The topological polar surface area (TPSA) is 33.0 Å². The number of ether oxygens (including phenoxy) is 1. The highest BCUT2D eigenvalue weighted by Gasteiger charge is 2.14. The van der Waals surface area contributed by atoms with Gasteiger partial charge in [0.05, 0.1) is 0 Å². The van der Waals surface area contributed by atoms with Crippen LogP contribution in [0, 0.1) is 29.0 Å². The van der Waals surface area contributed by atoms with E-state index >= 15 is 0 Å². The minimum atomic E-state index is -1.65. The summed E-state index contributed by atoms with van der Waals surface area (Å²) in [5.41, 5.74) is 0. The largest absolute Gasteiger partial charge is 0.385 e. The third kappa shape index (κ3) is 1.32. The average molecular weight is 173 g/mol. The molecule has 0 atom stereocenters. The van der Waals surface area contributed by atoms with Gasteiger partial charge in [0.25, 0.3) is 6.26 Å². The fraction of sp³-hybridized carbons (Fsp3) is 0. The van der Waals surface area contributed by atoms with E-state index in [4.69, 9.17) is 5.26 Å². The molecule has 0 spiro atoms. The van der Waals surface area contributed by atoms with Crippen molar-refractivity contribution in [2.45, 2.75) is 0 Å². The second-order valence-corrected chi connectivity index (χ2v) is 1.87. The van der Waals surface area contributed by atoms with Crippen molar-refractivity contribution in [2.24, 2.45) is 0 Å². The Kier molecular flexibility index (Phi) is 2.19. The molecule has 1 aromatic carbocycles. The Labute approximate surface area is 65.8 Å². The van der Waals surface area contributed by atoms with Crippen molar-refractivity contribution in [1.29, 1.82) is 5.26 Å². The van der Waals surface area contributed by atoms with Crippen LogP contribution in [-0.4, -0.2) is 0 Å². The summed E-state index contributed by atoms with van der Waals surface area (Å²) < 4.78 is 41.2. The van der Waals surface area contributed by atoms with Crippen molar-refractivity contribution in [3.63, 3.8) is 0 Å². The first-order chi connectivity index (χ1) is 5.66. The van der Waals surface area contributed by atoms with Gasteiger partial charge in [-0.1, -0.05) is 0 Å². The Morgan fingerprint density at radius 3 is 2.42 bits per heavy atom. The van der Waals surface area contributed by atoms with Gasteiger partial charge in [0, 0.05) is 0 Å². The zero-order valence-electron chi connectivity index (χ0n) is 5.64. The van der Waals surface area contributed by atoms with Crippen molar-refractivity contribution in [2.75, 3.05) is 0 Å². The molecule has 0 aromatic heterocycles. The molecule has 0 aliphatic rings. The van der Waals surface area contributed by atoms with E-state index in [2.05, 4.69) is 4.74 Å². The van der Waals surface area contributed by atoms with Crippen LogP contribution in [-0.2, 0) is 0 Å². The molecule has 0 saturated heterocycles. The summed E-state index contributed by atoms with van der Waals surface area (Å²) >= 11 is 0. The predicted molar refractivity (Wildman–Crippen MR) is 32.6 cm³/mol. The molecule has 0 radical (unpaired) electrons. The second-order valence-electron chi connectivity index (χ2n) is 1.87. The smallest absolute Gasteiger partial charge is 0.292 e. The van der Waals surface area contributed by atoms with Gasteiger partial charge in [-0.2, -0.15) is 4.39 Å².